The van der Waals surface area contributed by atoms with E-state index < -0.39 is 5.60 Å². The van der Waals surface area contributed by atoms with Gasteiger partial charge >= 0.3 is 0 Å². The molecule has 1 atom stereocenters. The van der Waals surface area contributed by atoms with Crippen LogP contribution in [0.15, 0.2) is 47.1 Å². The first kappa shape index (κ1) is 13.6. The van der Waals surface area contributed by atoms with E-state index in [0.717, 1.165) is 0 Å². The van der Waals surface area contributed by atoms with Crippen molar-refractivity contribution in [1.82, 2.24) is 5.32 Å². The van der Waals surface area contributed by atoms with Crippen molar-refractivity contribution in [1.29, 1.82) is 0 Å². The maximum atomic E-state index is 11.9. The quantitative estimate of drug-likeness (QED) is 0.904. The number of carbonyl (C=O) groups is 1. The van der Waals surface area contributed by atoms with Gasteiger partial charge in [0.1, 0.15) is 11.4 Å². The summed E-state index contributed by atoms with van der Waals surface area (Å²) in [5.74, 6) is 0.0596. The molecule has 4 nitrogen and oxygen atoms in total. The summed E-state index contributed by atoms with van der Waals surface area (Å²) in [6.45, 7) is 1.60. The van der Waals surface area contributed by atoms with Crippen LogP contribution < -0.4 is 5.32 Å². The molecule has 0 radical (unpaired) electrons. The number of amides is 1. The minimum Gasteiger partial charge on any atom is -0.466 e. The van der Waals surface area contributed by atoms with E-state index in [-0.39, 0.29) is 12.5 Å². The first-order valence-corrected chi connectivity index (χ1v) is 6.17. The summed E-state index contributed by atoms with van der Waals surface area (Å²) in [7, 11) is 0. The van der Waals surface area contributed by atoms with Crippen LogP contribution in [0.4, 0.5) is 0 Å². The number of carbonyl (C=O) groups excluding carboxylic acids is 1. The molecule has 0 aliphatic heterocycles. The van der Waals surface area contributed by atoms with Gasteiger partial charge < -0.3 is 14.8 Å². The summed E-state index contributed by atoms with van der Waals surface area (Å²) in [4.78, 5) is 11.9. The van der Waals surface area contributed by atoms with Crippen LogP contribution in [0.2, 0.25) is 5.02 Å². The van der Waals surface area contributed by atoms with E-state index in [1.807, 2.05) is 0 Å². The van der Waals surface area contributed by atoms with E-state index in [0.29, 0.717) is 16.3 Å². The zero-order valence-electron chi connectivity index (χ0n) is 10.4. The highest BCUT2D eigenvalue weighted by atomic mass is 35.5. The van der Waals surface area contributed by atoms with E-state index in [1.54, 1.807) is 43.3 Å². The third-order valence-corrected chi connectivity index (χ3v) is 3.09. The number of nitrogens with one attached hydrogen (secondary N) is 1. The fourth-order valence-electron chi connectivity index (χ4n) is 1.67. The summed E-state index contributed by atoms with van der Waals surface area (Å²) in [6, 6.07) is 10.1. The summed E-state index contributed by atoms with van der Waals surface area (Å²) in [6.07, 6.45) is 1.47. The van der Waals surface area contributed by atoms with E-state index in [9.17, 15) is 9.90 Å². The maximum absolute atomic E-state index is 11.9. The van der Waals surface area contributed by atoms with Crippen molar-refractivity contribution in [3.63, 3.8) is 0 Å². The molecule has 5 heteroatoms. The molecule has 0 saturated heterocycles. The van der Waals surface area contributed by atoms with Gasteiger partial charge in [-0.15, -0.1) is 0 Å². The topological polar surface area (TPSA) is 62.5 Å². The standard InChI is InChI=1S/C14H14ClNO3/c1-14(18,12-7-4-8-19-12)9-16-13(17)10-5-2-3-6-11(10)15/h2-8,18H,9H2,1H3,(H,16,17)/t14-/m1/s1. The van der Waals surface area contributed by atoms with E-state index in [2.05, 4.69) is 5.32 Å². The highest BCUT2D eigenvalue weighted by Gasteiger charge is 2.27. The molecule has 0 unspecified atom stereocenters. The molecule has 0 bridgehead atoms. The molecule has 0 spiro atoms. The number of rotatable bonds is 4. The SMILES string of the molecule is C[C@@](O)(CNC(=O)c1ccccc1Cl)c1ccco1. The number of furan rings is 1. The minimum atomic E-state index is -1.26. The largest absolute Gasteiger partial charge is 0.466 e. The van der Waals surface area contributed by atoms with Gasteiger partial charge in [-0.3, -0.25) is 4.79 Å². The van der Waals surface area contributed by atoms with Gasteiger partial charge in [0.05, 0.1) is 23.4 Å². The molecule has 2 rings (SSSR count). The third kappa shape index (κ3) is 3.16. The van der Waals surface area contributed by atoms with Crippen molar-refractivity contribution >= 4 is 17.5 Å². The molecule has 0 saturated carbocycles. The minimum absolute atomic E-state index is 0.0323. The first-order chi connectivity index (χ1) is 9.00. The molecule has 0 aliphatic carbocycles. The Balaban J connectivity index is 2.03. The van der Waals surface area contributed by atoms with Crippen molar-refractivity contribution in [2.75, 3.05) is 6.54 Å². The zero-order valence-corrected chi connectivity index (χ0v) is 11.1. The Kier molecular flexibility index (Phi) is 3.93. The van der Waals surface area contributed by atoms with Crippen LogP contribution in [0, 0.1) is 0 Å². The fraction of sp³-hybridized carbons (Fsp3) is 0.214. The Labute approximate surface area is 116 Å². The monoisotopic (exact) mass is 279 g/mol. The van der Waals surface area contributed by atoms with Gasteiger partial charge in [-0.25, -0.2) is 0 Å². The number of hydrogen-bond acceptors (Lipinski definition) is 3. The smallest absolute Gasteiger partial charge is 0.252 e. The molecule has 2 N–H and O–H groups in total. The molecule has 1 heterocycles. The molecule has 100 valence electrons. The summed E-state index contributed by atoms with van der Waals surface area (Å²) < 4.78 is 5.13. The van der Waals surface area contributed by atoms with Crippen LogP contribution in [-0.2, 0) is 5.60 Å². The highest BCUT2D eigenvalue weighted by molar-refractivity contribution is 6.33. The Morgan fingerprint density at radius 2 is 2.11 bits per heavy atom. The second-order valence-electron chi connectivity index (χ2n) is 4.41. The zero-order chi connectivity index (χ0) is 13.9. The van der Waals surface area contributed by atoms with Gasteiger partial charge in [0.2, 0.25) is 0 Å². The van der Waals surface area contributed by atoms with Crippen LogP contribution in [-0.4, -0.2) is 17.6 Å². The van der Waals surface area contributed by atoms with Gasteiger partial charge in [-0.2, -0.15) is 0 Å². The summed E-state index contributed by atoms with van der Waals surface area (Å²) in [5, 5.41) is 13.2. The van der Waals surface area contributed by atoms with E-state index in [1.165, 1.54) is 6.26 Å². The van der Waals surface area contributed by atoms with Gasteiger partial charge in [0, 0.05) is 0 Å². The number of halogens is 1. The molecule has 19 heavy (non-hydrogen) atoms. The van der Waals surface area contributed by atoms with Gasteiger partial charge in [0.25, 0.3) is 5.91 Å². The number of benzene rings is 1. The Hall–Kier alpha value is -1.78. The lowest BCUT2D eigenvalue weighted by Gasteiger charge is -2.21. The van der Waals surface area contributed by atoms with Gasteiger partial charge in [-0.1, -0.05) is 23.7 Å². The predicted molar refractivity (Wildman–Crippen MR) is 72.1 cm³/mol. The van der Waals surface area contributed by atoms with Crippen LogP contribution in [0.25, 0.3) is 0 Å². The maximum Gasteiger partial charge on any atom is 0.252 e. The second kappa shape index (κ2) is 5.47. The Morgan fingerprint density at radius 3 is 2.74 bits per heavy atom. The van der Waals surface area contributed by atoms with Crippen molar-refractivity contribution in [3.8, 4) is 0 Å². The molecule has 0 aliphatic rings. The van der Waals surface area contributed by atoms with E-state index >= 15 is 0 Å². The molecule has 2 aromatic rings. The van der Waals surface area contributed by atoms with Crippen LogP contribution in [0.1, 0.15) is 23.0 Å². The van der Waals surface area contributed by atoms with Gasteiger partial charge in [0.15, 0.2) is 0 Å². The number of aliphatic hydroxyl groups is 1. The molecule has 0 fully saturated rings. The molecule has 1 amide bonds. The third-order valence-electron chi connectivity index (χ3n) is 2.76. The normalized spacial score (nSPS) is 13.8. The van der Waals surface area contributed by atoms with Crippen molar-refractivity contribution in [2.45, 2.75) is 12.5 Å². The van der Waals surface area contributed by atoms with Crippen LogP contribution >= 0.6 is 11.6 Å². The molecule has 1 aromatic carbocycles. The lowest BCUT2D eigenvalue weighted by molar-refractivity contribution is 0.0330. The number of hydrogen-bond donors (Lipinski definition) is 2. The summed E-state index contributed by atoms with van der Waals surface area (Å²) in [5.41, 5.74) is -0.889. The average molecular weight is 280 g/mol. The van der Waals surface area contributed by atoms with Crippen molar-refractivity contribution in [2.24, 2.45) is 0 Å². The predicted octanol–water partition coefficient (Wildman–Crippen LogP) is 2.57. The fourth-order valence-corrected chi connectivity index (χ4v) is 1.89. The molecular weight excluding hydrogens is 266 g/mol. The average Bonchev–Trinajstić information content (AvgIpc) is 2.91. The lowest BCUT2D eigenvalue weighted by atomic mass is 10.0. The Bertz CT molecular complexity index is 564. The second-order valence-corrected chi connectivity index (χ2v) is 4.82. The Morgan fingerprint density at radius 1 is 1.37 bits per heavy atom. The van der Waals surface area contributed by atoms with Crippen LogP contribution in [0.3, 0.4) is 0 Å². The molecule has 1 aromatic heterocycles. The van der Waals surface area contributed by atoms with Gasteiger partial charge in [-0.05, 0) is 31.2 Å². The van der Waals surface area contributed by atoms with Crippen molar-refractivity contribution < 1.29 is 14.3 Å². The molecular formula is C14H14ClNO3. The van der Waals surface area contributed by atoms with E-state index in [4.69, 9.17) is 16.0 Å². The van der Waals surface area contributed by atoms with Crippen LogP contribution in [0.5, 0.6) is 0 Å². The highest BCUT2D eigenvalue weighted by Crippen LogP contribution is 2.20. The van der Waals surface area contributed by atoms with Crippen molar-refractivity contribution in [3.05, 3.63) is 59.0 Å². The lowest BCUT2D eigenvalue weighted by Crippen LogP contribution is -2.38. The first-order valence-electron chi connectivity index (χ1n) is 5.80. The summed E-state index contributed by atoms with van der Waals surface area (Å²) >= 11 is 5.93.